The largest absolute Gasteiger partial charge is 0.495 e. The number of methoxy groups -OCH3 is 1. The number of hydrogen-bond acceptors (Lipinski definition) is 6. The molecule has 160 valence electrons. The summed E-state index contributed by atoms with van der Waals surface area (Å²) >= 11 is 6.04. The molecule has 0 unspecified atom stereocenters. The highest BCUT2D eigenvalue weighted by molar-refractivity contribution is 6.32. The number of ketones is 1. The van der Waals surface area contributed by atoms with Crippen molar-refractivity contribution in [3.05, 3.63) is 58.6 Å². The van der Waals surface area contributed by atoms with E-state index in [9.17, 15) is 14.4 Å². The van der Waals surface area contributed by atoms with Crippen molar-refractivity contribution in [3.63, 3.8) is 0 Å². The van der Waals surface area contributed by atoms with Gasteiger partial charge in [-0.3, -0.25) is 9.59 Å². The smallest absolute Gasteiger partial charge is 0.341 e. The summed E-state index contributed by atoms with van der Waals surface area (Å²) in [5, 5.41) is 2.88. The highest BCUT2D eigenvalue weighted by Crippen LogP contribution is 2.25. The Bertz CT molecular complexity index is 914. The van der Waals surface area contributed by atoms with E-state index in [0.29, 0.717) is 22.8 Å². The molecule has 0 fully saturated rings. The molecule has 1 atom stereocenters. The van der Waals surface area contributed by atoms with Crippen molar-refractivity contribution >= 4 is 29.3 Å². The number of ether oxygens (including phenoxy) is 3. The zero-order chi connectivity index (χ0) is 22.1. The number of para-hydroxylation sites is 1. The molecule has 0 heterocycles. The van der Waals surface area contributed by atoms with Gasteiger partial charge < -0.3 is 19.5 Å². The second-order valence-corrected chi connectivity index (χ2v) is 6.63. The van der Waals surface area contributed by atoms with Crippen molar-refractivity contribution in [3.8, 4) is 11.5 Å². The standard InChI is InChI=1S/C22H24ClNO6/c1-4-18(30-19-9-7-6-8-15(19)22(27)29-5-2)21(26)24-13-17(25)14-10-11-20(28-3)16(23)12-14/h6-12,18H,4-5,13H2,1-3H3,(H,24,26)/t18-/m0/s1. The molecule has 8 heteroatoms. The maximum absolute atomic E-state index is 12.5. The normalized spacial score (nSPS) is 11.3. The van der Waals surface area contributed by atoms with E-state index in [2.05, 4.69) is 5.32 Å². The van der Waals surface area contributed by atoms with Gasteiger partial charge in [0.05, 0.1) is 25.3 Å². The molecule has 2 aromatic carbocycles. The van der Waals surface area contributed by atoms with Crippen LogP contribution in [0.4, 0.5) is 0 Å². The molecule has 0 aliphatic carbocycles. The summed E-state index contributed by atoms with van der Waals surface area (Å²) in [6.45, 7) is 3.47. The van der Waals surface area contributed by atoms with Crippen molar-refractivity contribution < 1.29 is 28.6 Å². The third kappa shape index (κ3) is 5.97. The van der Waals surface area contributed by atoms with Crippen molar-refractivity contribution in [2.24, 2.45) is 0 Å². The van der Waals surface area contributed by atoms with Gasteiger partial charge in [-0.25, -0.2) is 4.79 Å². The molecule has 0 aliphatic heterocycles. The van der Waals surface area contributed by atoms with E-state index in [1.807, 2.05) is 0 Å². The van der Waals surface area contributed by atoms with Crippen LogP contribution in [0.2, 0.25) is 5.02 Å². The van der Waals surface area contributed by atoms with Crippen LogP contribution < -0.4 is 14.8 Å². The first-order chi connectivity index (χ1) is 14.4. The molecule has 1 amide bonds. The second kappa shape index (κ2) is 11.2. The third-order valence-corrected chi connectivity index (χ3v) is 4.51. The lowest BCUT2D eigenvalue weighted by Crippen LogP contribution is -2.40. The lowest BCUT2D eigenvalue weighted by atomic mass is 10.1. The van der Waals surface area contributed by atoms with Gasteiger partial charge in [0, 0.05) is 5.56 Å². The zero-order valence-electron chi connectivity index (χ0n) is 17.1. The van der Waals surface area contributed by atoms with Gasteiger partial charge in [-0.05, 0) is 43.7 Å². The number of carbonyl (C=O) groups is 3. The highest BCUT2D eigenvalue weighted by Gasteiger charge is 2.22. The van der Waals surface area contributed by atoms with Crippen LogP contribution in [0.5, 0.6) is 11.5 Å². The minimum absolute atomic E-state index is 0.221. The number of benzene rings is 2. The highest BCUT2D eigenvalue weighted by atomic mass is 35.5. The molecule has 0 radical (unpaired) electrons. The quantitative estimate of drug-likeness (QED) is 0.454. The summed E-state index contributed by atoms with van der Waals surface area (Å²) in [6, 6.07) is 11.2. The average Bonchev–Trinajstić information content (AvgIpc) is 2.75. The van der Waals surface area contributed by atoms with E-state index in [-0.39, 0.29) is 30.2 Å². The van der Waals surface area contributed by atoms with Crippen LogP contribution >= 0.6 is 11.6 Å². The van der Waals surface area contributed by atoms with E-state index >= 15 is 0 Å². The molecule has 1 N–H and O–H groups in total. The summed E-state index contributed by atoms with van der Waals surface area (Å²) < 4.78 is 15.8. The van der Waals surface area contributed by atoms with Gasteiger partial charge in [0.2, 0.25) is 0 Å². The fraction of sp³-hybridized carbons (Fsp3) is 0.318. The van der Waals surface area contributed by atoms with Crippen molar-refractivity contribution in [1.29, 1.82) is 0 Å². The lowest BCUT2D eigenvalue weighted by Gasteiger charge is -2.19. The van der Waals surface area contributed by atoms with E-state index < -0.39 is 18.0 Å². The first-order valence-corrected chi connectivity index (χ1v) is 9.86. The van der Waals surface area contributed by atoms with Gasteiger partial charge in [-0.15, -0.1) is 0 Å². The molecule has 2 aromatic rings. The number of nitrogens with one attached hydrogen (secondary N) is 1. The Labute approximate surface area is 180 Å². The monoisotopic (exact) mass is 433 g/mol. The Hall–Kier alpha value is -3.06. The molecular weight excluding hydrogens is 410 g/mol. The summed E-state index contributed by atoms with van der Waals surface area (Å²) in [4.78, 5) is 37.0. The predicted octanol–water partition coefficient (Wildman–Crippen LogP) is 3.68. The van der Waals surface area contributed by atoms with Crippen molar-refractivity contribution in [2.75, 3.05) is 20.3 Å². The van der Waals surface area contributed by atoms with Crippen molar-refractivity contribution in [2.45, 2.75) is 26.4 Å². The molecule has 0 aliphatic rings. The molecular formula is C22H24ClNO6. The van der Waals surface area contributed by atoms with E-state index in [0.717, 1.165) is 0 Å². The summed E-state index contributed by atoms with van der Waals surface area (Å²) in [7, 11) is 1.48. The molecule has 2 rings (SSSR count). The first-order valence-electron chi connectivity index (χ1n) is 9.48. The maximum Gasteiger partial charge on any atom is 0.341 e. The van der Waals surface area contributed by atoms with Crippen LogP contribution in [0.1, 0.15) is 41.0 Å². The Morgan fingerprint density at radius 3 is 2.43 bits per heavy atom. The predicted molar refractivity (Wildman–Crippen MR) is 112 cm³/mol. The SMILES string of the molecule is CCOC(=O)c1ccccc1O[C@@H](CC)C(=O)NCC(=O)c1ccc(OC)c(Cl)c1. The number of Topliss-reactive ketones (excluding diaryl/α,β-unsaturated/α-hetero) is 1. The number of halogens is 1. The number of amides is 1. The number of hydrogen-bond donors (Lipinski definition) is 1. The number of rotatable bonds is 10. The molecule has 0 spiro atoms. The lowest BCUT2D eigenvalue weighted by molar-refractivity contribution is -0.127. The van der Waals surface area contributed by atoms with Gasteiger partial charge in [0.15, 0.2) is 11.9 Å². The maximum atomic E-state index is 12.5. The number of carbonyl (C=O) groups excluding carboxylic acids is 3. The minimum atomic E-state index is -0.882. The molecule has 7 nitrogen and oxygen atoms in total. The summed E-state index contributed by atoms with van der Waals surface area (Å²) in [5.41, 5.74) is 0.581. The van der Waals surface area contributed by atoms with Crippen LogP contribution in [0.25, 0.3) is 0 Å². The minimum Gasteiger partial charge on any atom is -0.495 e. The van der Waals surface area contributed by atoms with Crippen LogP contribution in [-0.4, -0.2) is 44.0 Å². The van der Waals surface area contributed by atoms with Crippen LogP contribution in [-0.2, 0) is 9.53 Å². The fourth-order valence-electron chi connectivity index (χ4n) is 2.65. The Morgan fingerprint density at radius 2 is 1.80 bits per heavy atom. The van der Waals surface area contributed by atoms with Gasteiger partial charge >= 0.3 is 5.97 Å². The summed E-state index contributed by atoms with van der Waals surface area (Å²) in [6.07, 6.45) is -0.543. The third-order valence-electron chi connectivity index (χ3n) is 4.21. The van der Waals surface area contributed by atoms with Gasteiger partial charge in [-0.1, -0.05) is 30.7 Å². The topological polar surface area (TPSA) is 90.9 Å². The van der Waals surface area contributed by atoms with Crippen molar-refractivity contribution in [1.82, 2.24) is 5.32 Å². The Balaban J connectivity index is 2.03. The molecule has 0 saturated heterocycles. The molecule has 30 heavy (non-hydrogen) atoms. The van der Waals surface area contributed by atoms with Crippen LogP contribution in [0.3, 0.4) is 0 Å². The van der Waals surface area contributed by atoms with Gasteiger partial charge in [0.25, 0.3) is 5.91 Å². The molecule has 0 saturated carbocycles. The zero-order valence-corrected chi connectivity index (χ0v) is 17.8. The van der Waals surface area contributed by atoms with E-state index in [1.54, 1.807) is 50.2 Å². The van der Waals surface area contributed by atoms with Crippen LogP contribution in [0.15, 0.2) is 42.5 Å². The summed E-state index contributed by atoms with van der Waals surface area (Å²) in [5.74, 6) is -0.614. The van der Waals surface area contributed by atoms with Crippen LogP contribution in [0, 0.1) is 0 Å². The number of esters is 1. The van der Waals surface area contributed by atoms with Gasteiger partial charge in [-0.2, -0.15) is 0 Å². The van der Waals surface area contributed by atoms with E-state index in [4.69, 9.17) is 25.8 Å². The molecule has 0 aromatic heterocycles. The van der Waals surface area contributed by atoms with E-state index in [1.165, 1.54) is 13.2 Å². The Kier molecular flexibility index (Phi) is 8.68. The fourth-order valence-corrected chi connectivity index (χ4v) is 2.90. The first kappa shape index (κ1) is 23.2. The Morgan fingerprint density at radius 1 is 1.07 bits per heavy atom. The van der Waals surface area contributed by atoms with Gasteiger partial charge in [0.1, 0.15) is 17.1 Å². The second-order valence-electron chi connectivity index (χ2n) is 6.22. The average molecular weight is 434 g/mol. The molecule has 0 bridgehead atoms.